The van der Waals surface area contributed by atoms with Crippen LogP contribution >= 0.6 is 11.6 Å². The van der Waals surface area contributed by atoms with E-state index in [0.717, 1.165) is 16.9 Å². The number of alkyl halides is 3. The maximum Gasteiger partial charge on any atom is 0.433 e. The average Bonchev–Trinajstić information content (AvgIpc) is 3.05. The highest BCUT2D eigenvalue weighted by molar-refractivity contribution is 7.91. The summed E-state index contributed by atoms with van der Waals surface area (Å²) < 4.78 is 69.9. The van der Waals surface area contributed by atoms with Crippen molar-refractivity contribution in [2.24, 2.45) is 0 Å². The van der Waals surface area contributed by atoms with Gasteiger partial charge < -0.3 is 4.74 Å². The van der Waals surface area contributed by atoms with E-state index in [2.05, 4.69) is 15.1 Å². The quantitative estimate of drug-likeness (QED) is 0.608. The Balaban J connectivity index is 2.25. The molecule has 0 aromatic carbocycles. The number of fused-ring (bicyclic) bond motifs is 1. The zero-order valence-electron chi connectivity index (χ0n) is 14.7. The zero-order valence-corrected chi connectivity index (χ0v) is 16.2. The Hall–Kier alpha value is -2.40. The molecule has 0 N–H and O–H groups in total. The van der Waals surface area contributed by atoms with Crippen molar-refractivity contribution in [1.29, 1.82) is 0 Å². The first kappa shape index (κ1) is 20.3. The van der Waals surface area contributed by atoms with Gasteiger partial charge in [-0.3, -0.25) is 4.98 Å². The molecule has 0 saturated carbocycles. The summed E-state index contributed by atoms with van der Waals surface area (Å²) in [6.07, 6.45) is -2.28. The Labute approximate surface area is 163 Å². The van der Waals surface area contributed by atoms with Gasteiger partial charge in [-0.05, 0) is 19.1 Å². The van der Waals surface area contributed by atoms with Crippen LogP contribution in [0.4, 0.5) is 13.2 Å². The standard InChI is InChI=1S/C16H14ClF3N4O3S/c1-3-27-15-10(17)5-12(28(25,26)4-2)14(22-15)24-8-9-7-21-13(16(18,19)20)6-11(9)23-24/h5-8H,3-4H2,1-2H3. The van der Waals surface area contributed by atoms with Crippen molar-refractivity contribution in [3.63, 3.8) is 0 Å². The summed E-state index contributed by atoms with van der Waals surface area (Å²) in [5, 5.41) is 4.32. The molecule has 0 fully saturated rings. The lowest BCUT2D eigenvalue weighted by molar-refractivity contribution is -0.141. The molecule has 28 heavy (non-hydrogen) atoms. The van der Waals surface area contributed by atoms with Crippen LogP contribution < -0.4 is 4.74 Å². The number of ether oxygens (including phenoxy) is 1. The summed E-state index contributed by atoms with van der Waals surface area (Å²) in [5.74, 6) is -0.366. The highest BCUT2D eigenvalue weighted by Crippen LogP contribution is 2.32. The summed E-state index contributed by atoms with van der Waals surface area (Å²) in [6, 6.07) is 1.97. The van der Waals surface area contributed by atoms with E-state index in [-0.39, 0.29) is 44.9 Å². The molecular weight excluding hydrogens is 421 g/mol. The summed E-state index contributed by atoms with van der Waals surface area (Å²) in [7, 11) is -3.76. The molecule has 0 spiro atoms. The number of hydrogen-bond donors (Lipinski definition) is 0. The Morgan fingerprint density at radius 1 is 1.25 bits per heavy atom. The van der Waals surface area contributed by atoms with Crippen molar-refractivity contribution in [3.8, 4) is 11.7 Å². The van der Waals surface area contributed by atoms with E-state index in [4.69, 9.17) is 16.3 Å². The monoisotopic (exact) mass is 434 g/mol. The van der Waals surface area contributed by atoms with E-state index in [1.165, 1.54) is 19.2 Å². The maximum atomic E-state index is 12.9. The highest BCUT2D eigenvalue weighted by atomic mass is 35.5. The van der Waals surface area contributed by atoms with Crippen molar-refractivity contribution in [1.82, 2.24) is 19.7 Å². The fraction of sp³-hybridized carbons (Fsp3) is 0.312. The van der Waals surface area contributed by atoms with E-state index in [1.807, 2.05) is 0 Å². The Bertz CT molecular complexity index is 1150. The second-order valence-electron chi connectivity index (χ2n) is 5.63. The molecule has 0 amide bonds. The van der Waals surface area contributed by atoms with Gasteiger partial charge in [-0.15, -0.1) is 0 Å². The Kier molecular flexibility index (Phi) is 5.24. The minimum atomic E-state index is -4.63. The largest absolute Gasteiger partial charge is 0.477 e. The van der Waals surface area contributed by atoms with Crippen LogP contribution in [0.1, 0.15) is 19.5 Å². The summed E-state index contributed by atoms with van der Waals surface area (Å²) in [5.41, 5.74) is -1.12. The molecule has 150 valence electrons. The first-order valence-corrected chi connectivity index (χ1v) is 10.1. The van der Waals surface area contributed by atoms with Crippen LogP contribution in [0.15, 0.2) is 29.4 Å². The van der Waals surface area contributed by atoms with Gasteiger partial charge in [-0.25, -0.2) is 13.1 Å². The van der Waals surface area contributed by atoms with Crippen LogP contribution in [0.5, 0.6) is 5.88 Å². The molecule has 0 atom stereocenters. The molecule has 3 rings (SSSR count). The van der Waals surface area contributed by atoms with Gasteiger partial charge in [0.15, 0.2) is 15.7 Å². The molecule has 7 nitrogen and oxygen atoms in total. The van der Waals surface area contributed by atoms with Crippen molar-refractivity contribution < 1.29 is 26.3 Å². The lowest BCUT2D eigenvalue weighted by atomic mass is 10.3. The minimum Gasteiger partial charge on any atom is -0.477 e. The van der Waals surface area contributed by atoms with E-state index in [0.29, 0.717) is 0 Å². The maximum absolute atomic E-state index is 12.9. The molecule has 0 aliphatic carbocycles. The van der Waals surface area contributed by atoms with Crippen molar-refractivity contribution in [2.45, 2.75) is 24.9 Å². The molecule has 3 heterocycles. The van der Waals surface area contributed by atoms with E-state index < -0.39 is 21.7 Å². The van der Waals surface area contributed by atoms with Crippen LogP contribution in [0.2, 0.25) is 5.02 Å². The van der Waals surface area contributed by atoms with Gasteiger partial charge in [-0.1, -0.05) is 18.5 Å². The molecule has 3 aromatic rings. The Morgan fingerprint density at radius 2 is 1.96 bits per heavy atom. The SMILES string of the molecule is CCOc1nc(-n2cc3cnc(C(F)(F)F)cc3n2)c(S(=O)(=O)CC)cc1Cl. The van der Waals surface area contributed by atoms with Crippen LogP contribution in [0, 0.1) is 0 Å². The van der Waals surface area contributed by atoms with Crippen LogP contribution in [-0.4, -0.2) is 40.5 Å². The summed E-state index contributed by atoms with van der Waals surface area (Å²) in [4.78, 5) is 7.30. The number of rotatable bonds is 5. The third-order valence-corrected chi connectivity index (χ3v) is 5.78. The second kappa shape index (κ2) is 7.21. The number of sulfone groups is 1. The van der Waals surface area contributed by atoms with Crippen molar-refractivity contribution in [3.05, 3.63) is 35.2 Å². The average molecular weight is 435 g/mol. The van der Waals surface area contributed by atoms with Crippen molar-refractivity contribution in [2.75, 3.05) is 12.4 Å². The number of nitrogens with zero attached hydrogens (tertiary/aromatic N) is 4. The Morgan fingerprint density at radius 3 is 2.57 bits per heavy atom. The van der Waals surface area contributed by atoms with Crippen LogP contribution in [0.3, 0.4) is 0 Å². The minimum absolute atomic E-state index is 0.00430. The number of hydrogen-bond acceptors (Lipinski definition) is 6. The fourth-order valence-electron chi connectivity index (χ4n) is 2.41. The second-order valence-corrected chi connectivity index (χ2v) is 8.29. The van der Waals surface area contributed by atoms with Gasteiger partial charge in [0.25, 0.3) is 0 Å². The molecule has 3 aromatic heterocycles. The van der Waals surface area contributed by atoms with Crippen molar-refractivity contribution >= 4 is 32.3 Å². The molecule has 0 radical (unpaired) electrons. The van der Waals surface area contributed by atoms with Gasteiger partial charge >= 0.3 is 6.18 Å². The number of aromatic nitrogens is 4. The number of pyridine rings is 2. The molecule has 0 saturated heterocycles. The molecule has 12 heteroatoms. The normalized spacial score (nSPS) is 12.5. The fourth-order valence-corrected chi connectivity index (χ4v) is 3.71. The van der Waals surface area contributed by atoms with Gasteiger partial charge in [-0.2, -0.15) is 23.3 Å². The highest BCUT2D eigenvalue weighted by Gasteiger charge is 2.33. The van der Waals surface area contributed by atoms with E-state index in [9.17, 15) is 21.6 Å². The van der Waals surface area contributed by atoms with Gasteiger partial charge in [0.2, 0.25) is 5.88 Å². The van der Waals surface area contributed by atoms with Crippen LogP contribution in [-0.2, 0) is 16.0 Å². The van der Waals surface area contributed by atoms with E-state index >= 15 is 0 Å². The molecular formula is C16H14ClF3N4O3S. The summed E-state index contributed by atoms with van der Waals surface area (Å²) in [6.45, 7) is 3.37. The zero-order chi connectivity index (χ0) is 20.7. The molecule has 0 unspecified atom stereocenters. The lowest BCUT2D eigenvalue weighted by Gasteiger charge is -2.12. The third-order valence-electron chi connectivity index (χ3n) is 3.78. The van der Waals surface area contributed by atoms with E-state index in [1.54, 1.807) is 6.92 Å². The van der Waals surface area contributed by atoms with Gasteiger partial charge in [0.05, 0.1) is 17.9 Å². The smallest absolute Gasteiger partial charge is 0.433 e. The van der Waals surface area contributed by atoms with Crippen LogP contribution in [0.25, 0.3) is 16.7 Å². The molecule has 0 aliphatic heterocycles. The topological polar surface area (TPSA) is 87.0 Å². The molecule has 0 aliphatic rings. The molecule has 0 bridgehead atoms. The predicted octanol–water partition coefficient (Wildman–Crippen LogP) is 3.68. The number of halogens is 4. The predicted molar refractivity (Wildman–Crippen MR) is 95.6 cm³/mol. The first-order valence-electron chi connectivity index (χ1n) is 8.06. The van der Waals surface area contributed by atoms with Gasteiger partial charge in [0.1, 0.15) is 15.6 Å². The van der Waals surface area contributed by atoms with Gasteiger partial charge in [0, 0.05) is 17.8 Å². The lowest BCUT2D eigenvalue weighted by Crippen LogP contribution is -2.12. The third kappa shape index (κ3) is 3.76. The summed E-state index contributed by atoms with van der Waals surface area (Å²) >= 11 is 6.06. The first-order chi connectivity index (χ1) is 13.1.